The lowest BCUT2D eigenvalue weighted by Gasteiger charge is -2.22. The van der Waals surface area contributed by atoms with Crippen molar-refractivity contribution in [2.45, 2.75) is 33.4 Å². The van der Waals surface area contributed by atoms with E-state index >= 15 is 0 Å². The quantitative estimate of drug-likeness (QED) is 0.456. The molecular formula is C27H30N2O4. The highest BCUT2D eigenvalue weighted by molar-refractivity contribution is 5.97. The van der Waals surface area contributed by atoms with Crippen molar-refractivity contribution in [1.29, 1.82) is 0 Å². The van der Waals surface area contributed by atoms with E-state index in [0.29, 0.717) is 34.8 Å². The number of hydrogen-bond acceptors (Lipinski definition) is 4. The Hall–Kier alpha value is -3.80. The number of aryl methyl sites for hydroxylation is 2. The van der Waals surface area contributed by atoms with Crippen molar-refractivity contribution < 1.29 is 19.1 Å². The van der Waals surface area contributed by atoms with E-state index in [4.69, 9.17) is 9.47 Å². The highest BCUT2D eigenvalue weighted by Crippen LogP contribution is 2.30. The minimum Gasteiger partial charge on any atom is -0.493 e. The number of carbonyl (C=O) groups excluding carboxylic acids is 2. The van der Waals surface area contributed by atoms with Crippen LogP contribution in [0.15, 0.2) is 66.7 Å². The van der Waals surface area contributed by atoms with Crippen LogP contribution in [-0.4, -0.2) is 25.5 Å². The second-order valence-electron chi connectivity index (χ2n) is 7.88. The molecule has 3 rings (SSSR count). The molecule has 0 spiro atoms. The third kappa shape index (κ3) is 6.35. The number of nitrogens with one attached hydrogen (secondary N) is 2. The fourth-order valence-electron chi connectivity index (χ4n) is 3.40. The fraction of sp³-hybridized carbons (Fsp3) is 0.259. The van der Waals surface area contributed by atoms with Crippen LogP contribution < -0.4 is 20.1 Å². The molecule has 0 atom stereocenters. The van der Waals surface area contributed by atoms with Gasteiger partial charge in [0, 0.05) is 11.1 Å². The summed E-state index contributed by atoms with van der Waals surface area (Å²) in [6.07, 6.45) is 0.0614. The zero-order valence-electron chi connectivity index (χ0n) is 19.5. The zero-order chi connectivity index (χ0) is 23.8. The predicted molar refractivity (Wildman–Crippen MR) is 129 cm³/mol. The van der Waals surface area contributed by atoms with Gasteiger partial charge in [-0.15, -0.1) is 0 Å². The van der Waals surface area contributed by atoms with E-state index < -0.39 is 6.17 Å². The molecule has 0 saturated carbocycles. The number of amides is 2. The van der Waals surface area contributed by atoms with Gasteiger partial charge in [-0.1, -0.05) is 48.4 Å². The first-order chi connectivity index (χ1) is 15.9. The number of rotatable bonds is 9. The Balaban J connectivity index is 1.93. The first kappa shape index (κ1) is 23.9. The van der Waals surface area contributed by atoms with E-state index in [2.05, 4.69) is 10.6 Å². The number of methoxy groups -OCH3 is 1. The SMILES string of the molecule is CCCOc1cc(C(NC(=O)c2cccc(C)c2)NC(=O)c2cccc(C)c2)ccc1OC. The maximum Gasteiger partial charge on any atom is 0.253 e. The fourth-order valence-corrected chi connectivity index (χ4v) is 3.40. The Morgan fingerprint density at radius 1 is 0.818 bits per heavy atom. The zero-order valence-corrected chi connectivity index (χ0v) is 19.5. The van der Waals surface area contributed by atoms with Crippen molar-refractivity contribution in [2.24, 2.45) is 0 Å². The van der Waals surface area contributed by atoms with Gasteiger partial charge in [0.15, 0.2) is 11.5 Å². The highest BCUT2D eigenvalue weighted by Gasteiger charge is 2.21. The topological polar surface area (TPSA) is 76.7 Å². The van der Waals surface area contributed by atoms with Gasteiger partial charge in [-0.25, -0.2) is 0 Å². The Bertz CT molecular complexity index is 1070. The van der Waals surface area contributed by atoms with Gasteiger partial charge < -0.3 is 20.1 Å². The molecule has 3 aromatic rings. The van der Waals surface area contributed by atoms with Crippen molar-refractivity contribution in [3.05, 3.63) is 94.5 Å². The van der Waals surface area contributed by atoms with Gasteiger partial charge in [-0.2, -0.15) is 0 Å². The minimum absolute atomic E-state index is 0.292. The van der Waals surface area contributed by atoms with E-state index in [1.165, 1.54) is 0 Å². The van der Waals surface area contributed by atoms with Crippen molar-refractivity contribution in [2.75, 3.05) is 13.7 Å². The Morgan fingerprint density at radius 2 is 1.39 bits per heavy atom. The average Bonchev–Trinajstić information content (AvgIpc) is 2.82. The molecule has 6 nitrogen and oxygen atoms in total. The molecule has 0 unspecified atom stereocenters. The van der Waals surface area contributed by atoms with Crippen molar-refractivity contribution in [1.82, 2.24) is 10.6 Å². The van der Waals surface area contributed by atoms with E-state index in [1.54, 1.807) is 49.6 Å². The molecule has 0 aromatic heterocycles. The van der Waals surface area contributed by atoms with E-state index in [0.717, 1.165) is 17.5 Å². The van der Waals surface area contributed by atoms with Crippen LogP contribution in [0.25, 0.3) is 0 Å². The normalized spacial score (nSPS) is 10.6. The summed E-state index contributed by atoms with van der Waals surface area (Å²) < 4.78 is 11.2. The summed E-state index contributed by atoms with van der Waals surface area (Å²) >= 11 is 0. The Labute approximate surface area is 194 Å². The summed E-state index contributed by atoms with van der Waals surface area (Å²) in [5.74, 6) is 0.553. The first-order valence-corrected chi connectivity index (χ1v) is 11.0. The number of benzene rings is 3. The standard InChI is InChI=1S/C27H30N2O4/c1-5-14-33-24-17-20(12-13-23(24)32-4)25(28-26(30)21-10-6-8-18(2)15-21)29-27(31)22-11-7-9-19(3)16-22/h6-13,15-17,25H,5,14H2,1-4H3,(H,28,30)(H,29,31). The van der Waals surface area contributed by atoms with Crippen LogP contribution in [0.3, 0.4) is 0 Å². The molecule has 2 amide bonds. The molecule has 3 aromatic carbocycles. The Morgan fingerprint density at radius 3 is 1.88 bits per heavy atom. The van der Waals surface area contributed by atoms with Crippen LogP contribution in [0.5, 0.6) is 11.5 Å². The number of ether oxygens (including phenoxy) is 2. The molecule has 0 aliphatic carbocycles. The monoisotopic (exact) mass is 446 g/mol. The van der Waals surface area contributed by atoms with Gasteiger partial charge in [0.25, 0.3) is 11.8 Å². The van der Waals surface area contributed by atoms with Crippen LogP contribution in [0.1, 0.15) is 56.9 Å². The largest absolute Gasteiger partial charge is 0.493 e. The third-order valence-corrected chi connectivity index (χ3v) is 5.09. The van der Waals surface area contributed by atoms with Crippen LogP contribution in [0.4, 0.5) is 0 Å². The van der Waals surface area contributed by atoms with E-state index in [1.807, 2.05) is 45.0 Å². The van der Waals surface area contributed by atoms with Crippen molar-refractivity contribution in [3.8, 4) is 11.5 Å². The number of hydrogen-bond donors (Lipinski definition) is 2. The minimum atomic E-state index is -0.777. The predicted octanol–water partition coefficient (Wildman–Crippen LogP) is 4.96. The van der Waals surface area contributed by atoms with Gasteiger partial charge in [0.05, 0.1) is 13.7 Å². The second-order valence-corrected chi connectivity index (χ2v) is 7.88. The van der Waals surface area contributed by atoms with Gasteiger partial charge in [-0.05, 0) is 62.2 Å². The molecule has 0 heterocycles. The molecule has 0 aliphatic heterocycles. The Kier molecular flexibility index (Phi) is 8.08. The molecule has 33 heavy (non-hydrogen) atoms. The van der Waals surface area contributed by atoms with Gasteiger partial charge in [0.2, 0.25) is 0 Å². The van der Waals surface area contributed by atoms with E-state index in [9.17, 15) is 9.59 Å². The third-order valence-electron chi connectivity index (χ3n) is 5.09. The first-order valence-electron chi connectivity index (χ1n) is 11.0. The average molecular weight is 447 g/mol. The lowest BCUT2D eigenvalue weighted by molar-refractivity contribution is 0.0883. The summed E-state index contributed by atoms with van der Waals surface area (Å²) in [5.41, 5.74) is 3.65. The molecule has 0 aliphatic rings. The molecule has 2 N–H and O–H groups in total. The maximum atomic E-state index is 13.0. The number of carbonyl (C=O) groups is 2. The smallest absolute Gasteiger partial charge is 0.253 e. The summed E-state index contributed by atoms with van der Waals surface area (Å²) in [7, 11) is 1.57. The van der Waals surface area contributed by atoms with Crippen LogP contribution in [0, 0.1) is 13.8 Å². The van der Waals surface area contributed by atoms with E-state index in [-0.39, 0.29) is 11.8 Å². The highest BCUT2D eigenvalue weighted by atomic mass is 16.5. The summed E-state index contributed by atoms with van der Waals surface area (Å²) in [5, 5.41) is 5.89. The molecule has 0 fully saturated rings. The summed E-state index contributed by atoms with van der Waals surface area (Å²) in [4.78, 5) is 26.0. The molecule has 6 heteroatoms. The molecule has 172 valence electrons. The van der Waals surface area contributed by atoms with Gasteiger partial charge in [-0.3, -0.25) is 9.59 Å². The molecule has 0 bridgehead atoms. The lowest BCUT2D eigenvalue weighted by atomic mass is 10.1. The lowest BCUT2D eigenvalue weighted by Crippen LogP contribution is -2.41. The van der Waals surface area contributed by atoms with Crippen molar-refractivity contribution >= 4 is 11.8 Å². The van der Waals surface area contributed by atoms with Crippen molar-refractivity contribution in [3.63, 3.8) is 0 Å². The van der Waals surface area contributed by atoms with Crippen LogP contribution >= 0.6 is 0 Å². The molecule has 0 radical (unpaired) electrons. The molecular weight excluding hydrogens is 416 g/mol. The molecule has 0 saturated heterocycles. The van der Waals surface area contributed by atoms with Gasteiger partial charge in [0.1, 0.15) is 6.17 Å². The maximum absolute atomic E-state index is 13.0. The summed E-state index contributed by atoms with van der Waals surface area (Å²) in [6.45, 7) is 6.39. The second kappa shape index (κ2) is 11.2. The summed E-state index contributed by atoms with van der Waals surface area (Å²) in [6, 6.07) is 20.0. The van der Waals surface area contributed by atoms with Crippen LogP contribution in [0.2, 0.25) is 0 Å². The van der Waals surface area contributed by atoms with Crippen LogP contribution in [-0.2, 0) is 0 Å². The van der Waals surface area contributed by atoms with Gasteiger partial charge >= 0.3 is 0 Å².